The van der Waals surface area contributed by atoms with Crippen LogP contribution in [0.1, 0.15) is 38.2 Å². The number of hydrogen-bond donors (Lipinski definition) is 1. The second kappa shape index (κ2) is 5.96. The molecule has 2 aliphatic heterocycles. The number of aryl methyl sites for hydroxylation is 1. The van der Waals surface area contributed by atoms with E-state index in [1.54, 1.807) is 0 Å². The molecule has 0 aliphatic carbocycles. The average molecular weight is 287 g/mol. The molecule has 3 rings (SSSR count). The minimum Gasteiger partial charge on any atom is -0.399 e. The molecule has 4 heteroatoms. The van der Waals surface area contributed by atoms with Gasteiger partial charge in [0, 0.05) is 30.5 Å². The molecule has 1 atom stereocenters. The number of anilines is 2. The van der Waals surface area contributed by atoms with Gasteiger partial charge in [0.15, 0.2) is 0 Å². The van der Waals surface area contributed by atoms with E-state index in [1.165, 1.54) is 17.7 Å². The molecule has 1 saturated heterocycles. The zero-order valence-corrected chi connectivity index (χ0v) is 12.8. The van der Waals surface area contributed by atoms with Gasteiger partial charge in [0.05, 0.1) is 6.54 Å². The van der Waals surface area contributed by atoms with Gasteiger partial charge in [0.25, 0.3) is 0 Å². The average Bonchev–Trinajstić information content (AvgIpc) is 2.47. The molecule has 1 amide bonds. The molecular formula is C17H25N3O. The number of hydrogen-bond acceptors (Lipinski definition) is 3. The standard InChI is InChI=1S/C17H25N3O/c1-13-5-2-3-10-20(13)17(21)12-19-9-4-6-14-11-15(18)7-8-16(14)19/h7-8,11,13H,2-6,9-10,12,18H2,1H3. The lowest BCUT2D eigenvalue weighted by molar-refractivity contribution is -0.132. The molecular weight excluding hydrogens is 262 g/mol. The highest BCUT2D eigenvalue weighted by Crippen LogP contribution is 2.29. The van der Waals surface area contributed by atoms with Crippen molar-refractivity contribution in [2.45, 2.75) is 45.1 Å². The monoisotopic (exact) mass is 287 g/mol. The smallest absolute Gasteiger partial charge is 0.242 e. The molecule has 4 nitrogen and oxygen atoms in total. The largest absolute Gasteiger partial charge is 0.399 e. The Bertz CT molecular complexity index is 529. The van der Waals surface area contributed by atoms with Crippen LogP contribution in [0.3, 0.4) is 0 Å². The third kappa shape index (κ3) is 2.99. The van der Waals surface area contributed by atoms with Crippen LogP contribution in [-0.4, -0.2) is 36.5 Å². The van der Waals surface area contributed by atoms with Crippen molar-refractivity contribution in [3.63, 3.8) is 0 Å². The fourth-order valence-corrected chi connectivity index (χ4v) is 3.58. The first-order valence-electron chi connectivity index (χ1n) is 8.08. The molecule has 0 radical (unpaired) electrons. The lowest BCUT2D eigenvalue weighted by Crippen LogP contribution is -2.47. The molecule has 2 heterocycles. The van der Waals surface area contributed by atoms with Gasteiger partial charge in [0.1, 0.15) is 0 Å². The number of fused-ring (bicyclic) bond motifs is 1. The summed E-state index contributed by atoms with van der Waals surface area (Å²) < 4.78 is 0. The molecule has 2 aliphatic rings. The predicted octanol–water partition coefficient (Wildman–Crippen LogP) is 2.42. The van der Waals surface area contributed by atoms with Crippen LogP contribution >= 0.6 is 0 Å². The van der Waals surface area contributed by atoms with Crippen molar-refractivity contribution in [3.8, 4) is 0 Å². The lowest BCUT2D eigenvalue weighted by atomic mass is 10.0. The Labute approximate surface area is 126 Å². The van der Waals surface area contributed by atoms with Gasteiger partial charge in [0.2, 0.25) is 5.91 Å². The summed E-state index contributed by atoms with van der Waals surface area (Å²) >= 11 is 0. The highest BCUT2D eigenvalue weighted by atomic mass is 16.2. The Morgan fingerprint density at radius 2 is 2.14 bits per heavy atom. The fraction of sp³-hybridized carbons (Fsp3) is 0.588. The van der Waals surface area contributed by atoms with Crippen molar-refractivity contribution in [2.75, 3.05) is 30.3 Å². The van der Waals surface area contributed by atoms with Crippen LogP contribution in [-0.2, 0) is 11.2 Å². The summed E-state index contributed by atoms with van der Waals surface area (Å²) in [4.78, 5) is 16.9. The van der Waals surface area contributed by atoms with E-state index < -0.39 is 0 Å². The third-order valence-electron chi connectivity index (χ3n) is 4.77. The zero-order valence-electron chi connectivity index (χ0n) is 12.8. The number of nitrogen functional groups attached to an aromatic ring is 1. The molecule has 0 bridgehead atoms. The van der Waals surface area contributed by atoms with E-state index in [9.17, 15) is 4.79 Å². The fourth-order valence-electron chi connectivity index (χ4n) is 3.58. The van der Waals surface area contributed by atoms with Crippen LogP contribution in [0.4, 0.5) is 11.4 Å². The third-order valence-corrected chi connectivity index (χ3v) is 4.77. The van der Waals surface area contributed by atoms with E-state index in [-0.39, 0.29) is 5.91 Å². The van der Waals surface area contributed by atoms with E-state index in [4.69, 9.17) is 5.73 Å². The molecule has 2 N–H and O–H groups in total. The normalized spacial score (nSPS) is 22.0. The van der Waals surface area contributed by atoms with Crippen LogP contribution in [0.2, 0.25) is 0 Å². The Morgan fingerprint density at radius 1 is 1.29 bits per heavy atom. The van der Waals surface area contributed by atoms with Crippen molar-refractivity contribution in [2.24, 2.45) is 0 Å². The number of carbonyl (C=O) groups is 1. The maximum absolute atomic E-state index is 12.6. The maximum atomic E-state index is 12.6. The van der Waals surface area contributed by atoms with Crippen molar-refractivity contribution in [1.82, 2.24) is 4.90 Å². The van der Waals surface area contributed by atoms with E-state index >= 15 is 0 Å². The number of nitrogens with two attached hydrogens (primary N) is 1. The molecule has 114 valence electrons. The summed E-state index contributed by atoms with van der Waals surface area (Å²) in [5, 5.41) is 0. The van der Waals surface area contributed by atoms with Gasteiger partial charge in [-0.3, -0.25) is 4.79 Å². The quantitative estimate of drug-likeness (QED) is 0.850. The zero-order chi connectivity index (χ0) is 14.8. The maximum Gasteiger partial charge on any atom is 0.242 e. The number of benzene rings is 1. The second-order valence-electron chi connectivity index (χ2n) is 6.35. The summed E-state index contributed by atoms with van der Waals surface area (Å²) in [6, 6.07) is 6.44. The van der Waals surface area contributed by atoms with E-state index in [0.717, 1.165) is 44.5 Å². The molecule has 1 unspecified atom stereocenters. The molecule has 1 aromatic carbocycles. The lowest BCUT2D eigenvalue weighted by Gasteiger charge is -2.37. The first-order valence-corrected chi connectivity index (χ1v) is 8.08. The van der Waals surface area contributed by atoms with Gasteiger partial charge in [-0.15, -0.1) is 0 Å². The molecule has 0 spiro atoms. The molecule has 1 fully saturated rings. The highest BCUT2D eigenvalue weighted by molar-refractivity contribution is 5.82. The van der Waals surface area contributed by atoms with E-state index in [0.29, 0.717) is 12.6 Å². The minimum atomic E-state index is 0.270. The van der Waals surface area contributed by atoms with Crippen molar-refractivity contribution in [1.29, 1.82) is 0 Å². The summed E-state index contributed by atoms with van der Waals surface area (Å²) in [5.74, 6) is 0.270. The number of rotatable bonds is 2. The topological polar surface area (TPSA) is 49.6 Å². The summed E-state index contributed by atoms with van der Waals surface area (Å²) in [7, 11) is 0. The Morgan fingerprint density at radius 3 is 2.95 bits per heavy atom. The SMILES string of the molecule is CC1CCCCN1C(=O)CN1CCCc2cc(N)ccc21. The Hall–Kier alpha value is -1.71. The number of carbonyl (C=O) groups excluding carboxylic acids is 1. The van der Waals surface area contributed by atoms with E-state index in [1.807, 2.05) is 6.07 Å². The summed E-state index contributed by atoms with van der Waals surface area (Å²) in [6.07, 6.45) is 5.68. The first-order chi connectivity index (χ1) is 10.1. The van der Waals surface area contributed by atoms with Gasteiger partial charge in [-0.2, -0.15) is 0 Å². The van der Waals surface area contributed by atoms with Gasteiger partial charge in [-0.25, -0.2) is 0 Å². The van der Waals surface area contributed by atoms with Crippen molar-refractivity contribution >= 4 is 17.3 Å². The Balaban J connectivity index is 1.72. The van der Waals surface area contributed by atoms with Crippen LogP contribution in [0, 0.1) is 0 Å². The number of likely N-dealkylation sites (tertiary alicyclic amines) is 1. The Kier molecular flexibility index (Phi) is 4.04. The minimum absolute atomic E-state index is 0.270. The van der Waals surface area contributed by atoms with Gasteiger partial charge in [-0.1, -0.05) is 0 Å². The van der Waals surface area contributed by atoms with Crippen LogP contribution in [0.25, 0.3) is 0 Å². The van der Waals surface area contributed by atoms with Crippen molar-refractivity contribution in [3.05, 3.63) is 23.8 Å². The number of nitrogens with zero attached hydrogens (tertiary/aromatic N) is 2. The van der Waals surface area contributed by atoms with Gasteiger partial charge >= 0.3 is 0 Å². The summed E-state index contributed by atoms with van der Waals surface area (Å²) in [5.41, 5.74) is 9.15. The molecule has 0 saturated carbocycles. The van der Waals surface area contributed by atoms with Gasteiger partial charge in [-0.05, 0) is 62.8 Å². The molecule has 21 heavy (non-hydrogen) atoms. The van der Waals surface area contributed by atoms with Crippen LogP contribution in [0.15, 0.2) is 18.2 Å². The molecule has 1 aromatic rings. The van der Waals surface area contributed by atoms with E-state index in [2.05, 4.69) is 28.9 Å². The van der Waals surface area contributed by atoms with Crippen LogP contribution in [0.5, 0.6) is 0 Å². The predicted molar refractivity (Wildman–Crippen MR) is 86.4 cm³/mol. The van der Waals surface area contributed by atoms with Gasteiger partial charge < -0.3 is 15.5 Å². The summed E-state index contributed by atoms with van der Waals surface area (Å²) in [6.45, 7) is 4.55. The van der Waals surface area contributed by atoms with Crippen LogP contribution < -0.4 is 10.6 Å². The first kappa shape index (κ1) is 14.2. The number of piperidine rings is 1. The molecule has 0 aromatic heterocycles. The number of amides is 1. The highest BCUT2D eigenvalue weighted by Gasteiger charge is 2.26. The second-order valence-corrected chi connectivity index (χ2v) is 6.35. The van der Waals surface area contributed by atoms with Crippen molar-refractivity contribution < 1.29 is 4.79 Å².